The van der Waals surface area contributed by atoms with Gasteiger partial charge < -0.3 is 4.74 Å². The van der Waals surface area contributed by atoms with E-state index in [0.717, 1.165) is 4.90 Å². The van der Waals surface area contributed by atoms with E-state index in [1.54, 1.807) is 32.0 Å². The van der Waals surface area contributed by atoms with Crippen LogP contribution in [0.25, 0.3) is 0 Å². The zero-order valence-corrected chi connectivity index (χ0v) is 12.7. The normalized spacial score (nSPS) is 14.8. The van der Waals surface area contributed by atoms with Crippen LogP contribution in [0, 0.1) is 12.8 Å². The van der Waals surface area contributed by atoms with Gasteiger partial charge in [-0.1, -0.05) is 12.1 Å². The van der Waals surface area contributed by atoms with Crippen LogP contribution in [0.3, 0.4) is 0 Å². The molecule has 1 aromatic rings. The highest BCUT2D eigenvalue weighted by molar-refractivity contribution is 6.22. The number of ether oxygens (including phenoxy) is 1. The number of nitrogens with zero attached hydrogens (tertiary/aromatic N) is 1. The van der Waals surface area contributed by atoms with Crippen LogP contribution in [0.5, 0.6) is 0 Å². The Kier molecular flexibility index (Phi) is 4.40. The summed E-state index contributed by atoms with van der Waals surface area (Å²) in [5.41, 5.74) is 1.32. The van der Waals surface area contributed by atoms with Gasteiger partial charge in [-0.25, -0.2) is 0 Å². The number of benzene rings is 1. The lowest BCUT2D eigenvalue weighted by molar-refractivity contribution is -0.151. The van der Waals surface area contributed by atoms with E-state index < -0.39 is 29.5 Å². The molecule has 0 unspecified atom stereocenters. The molecule has 0 aliphatic carbocycles. The summed E-state index contributed by atoms with van der Waals surface area (Å²) >= 11 is 0. The van der Waals surface area contributed by atoms with Crippen LogP contribution >= 0.6 is 0 Å². The molecule has 0 spiro atoms. The first-order valence-electron chi connectivity index (χ1n) is 7.01. The fourth-order valence-corrected chi connectivity index (χ4v) is 2.46. The molecule has 0 saturated carbocycles. The first kappa shape index (κ1) is 15.9. The molecular formula is C16H17NO5. The molecule has 6 heteroatoms. The first-order valence-corrected chi connectivity index (χ1v) is 7.01. The van der Waals surface area contributed by atoms with Gasteiger partial charge in [-0.15, -0.1) is 0 Å². The van der Waals surface area contributed by atoms with Gasteiger partial charge in [-0.05, 0) is 32.4 Å². The van der Waals surface area contributed by atoms with E-state index in [1.807, 2.05) is 0 Å². The number of Topliss-reactive ketones (excluding diaryl/α,β-unsaturated/α-hetero) is 1. The van der Waals surface area contributed by atoms with E-state index in [1.165, 1.54) is 6.92 Å². The predicted octanol–water partition coefficient (Wildman–Crippen LogP) is 1.36. The number of fused-ring (bicyclic) bond motifs is 1. The Labute approximate surface area is 128 Å². The van der Waals surface area contributed by atoms with E-state index in [2.05, 4.69) is 0 Å². The number of carbonyl (C=O) groups is 4. The lowest BCUT2D eigenvalue weighted by Crippen LogP contribution is -2.40. The third-order valence-electron chi connectivity index (χ3n) is 3.63. The zero-order chi connectivity index (χ0) is 16.4. The molecule has 1 aliphatic heterocycles. The number of rotatable bonds is 5. The predicted molar refractivity (Wildman–Crippen MR) is 77.4 cm³/mol. The maximum atomic E-state index is 12.4. The van der Waals surface area contributed by atoms with Crippen molar-refractivity contribution in [1.82, 2.24) is 4.90 Å². The van der Waals surface area contributed by atoms with E-state index in [-0.39, 0.29) is 13.2 Å². The Morgan fingerprint density at radius 2 is 1.91 bits per heavy atom. The fourth-order valence-electron chi connectivity index (χ4n) is 2.46. The van der Waals surface area contributed by atoms with Crippen molar-refractivity contribution in [2.24, 2.45) is 5.92 Å². The number of hydrogen-bond acceptors (Lipinski definition) is 5. The average Bonchev–Trinajstić information content (AvgIpc) is 2.69. The number of hydrogen-bond donors (Lipinski definition) is 0. The van der Waals surface area contributed by atoms with Crippen molar-refractivity contribution < 1.29 is 23.9 Å². The molecule has 0 N–H and O–H groups in total. The summed E-state index contributed by atoms with van der Waals surface area (Å²) < 4.78 is 4.84. The van der Waals surface area contributed by atoms with Crippen LogP contribution in [0.2, 0.25) is 0 Å². The highest BCUT2D eigenvalue weighted by atomic mass is 16.5. The van der Waals surface area contributed by atoms with Crippen LogP contribution in [-0.4, -0.2) is 41.6 Å². The summed E-state index contributed by atoms with van der Waals surface area (Å²) in [6.45, 7) is 4.44. The molecule has 0 aromatic heterocycles. The molecule has 6 nitrogen and oxygen atoms in total. The van der Waals surface area contributed by atoms with Gasteiger partial charge in [0, 0.05) is 6.54 Å². The smallest absolute Gasteiger partial charge is 0.318 e. The highest BCUT2D eigenvalue weighted by Crippen LogP contribution is 2.26. The van der Waals surface area contributed by atoms with Crippen molar-refractivity contribution in [1.29, 1.82) is 0 Å². The molecule has 0 saturated heterocycles. The van der Waals surface area contributed by atoms with E-state index in [0.29, 0.717) is 16.7 Å². The highest BCUT2D eigenvalue weighted by Gasteiger charge is 2.40. The third-order valence-corrected chi connectivity index (χ3v) is 3.63. The van der Waals surface area contributed by atoms with E-state index in [9.17, 15) is 19.2 Å². The summed E-state index contributed by atoms with van der Waals surface area (Å²) in [6.07, 6.45) is 0. The van der Waals surface area contributed by atoms with Crippen molar-refractivity contribution in [2.45, 2.75) is 20.8 Å². The molecule has 22 heavy (non-hydrogen) atoms. The van der Waals surface area contributed by atoms with Gasteiger partial charge in [-0.3, -0.25) is 24.1 Å². The van der Waals surface area contributed by atoms with Crippen molar-refractivity contribution in [2.75, 3.05) is 13.2 Å². The molecular weight excluding hydrogens is 286 g/mol. The molecule has 1 heterocycles. The number of ketones is 1. The zero-order valence-electron chi connectivity index (χ0n) is 12.7. The van der Waals surface area contributed by atoms with Gasteiger partial charge in [0.05, 0.1) is 17.7 Å². The SMILES string of the molecule is CCOC(=O)[C@H](CN1C(=O)c2cccc(C)c2C1=O)C(C)=O. The molecule has 0 bridgehead atoms. The quantitative estimate of drug-likeness (QED) is 0.466. The lowest BCUT2D eigenvalue weighted by Gasteiger charge is -2.19. The van der Waals surface area contributed by atoms with Crippen molar-refractivity contribution in [3.63, 3.8) is 0 Å². The molecule has 0 fully saturated rings. The second kappa shape index (κ2) is 6.09. The van der Waals surface area contributed by atoms with Gasteiger partial charge in [0.25, 0.3) is 11.8 Å². The fraction of sp³-hybridized carbons (Fsp3) is 0.375. The lowest BCUT2D eigenvalue weighted by atomic mass is 10.0. The second-order valence-corrected chi connectivity index (χ2v) is 5.13. The van der Waals surface area contributed by atoms with Crippen molar-refractivity contribution >= 4 is 23.6 Å². The first-order chi connectivity index (χ1) is 10.4. The Balaban J connectivity index is 2.29. The van der Waals surface area contributed by atoms with Crippen LogP contribution in [0.1, 0.15) is 40.1 Å². The Morgan fingerprint density at radius 1 is 1.23 bits per heavy atom. The van der Waals surface area contributed by atoms with Gasteiger partial charge in [0.2, 0.25) is 0 Å². The summed E-state index contributed by atoms with van der Waals surface area (Å²) in [4.78, 5) is 49.2. The Bertz CT molecular complexity index is 665. The third kappa shape index (κ3) is 2.64. The standard InChI is InChI=1S/C16H17NO5/c1-4-22-16(21)12(10(3)18)8-17-14(19)11-7-5-6-9(2)13(11)15(17)20/h5-7,12H,4,8H2,1-3H3/t12-/m1/s1. The summed E-state index contributed by atoms with van der Waals surface area (Å²) in [5, 5.41) is 0. The second-order valence-electron chi connectivity index (χ2n) is 5.13. The van der Waals surface area contributed by atoms with E-state index >= 15 is 0 Å². The number of aryl methyl sites for hydroxylation is 1. The Morgan fingerprint density at radius 3 is 2.45 bits per heavy atom. The molecule has 116 valence electrons. The molecule has 2 rings (SSSR count). The van der Waals surface area contributed by atoms with Crippen molar-refractivity contribution in [3.05, 3.63) is 34.9 Å². The Hall–Kier alpha value is -2.50. The molecule has 1 atom stereocenters. The van der Waals surface area contributed by atoms with E-state index in [4.69, 9.17) is 4.74 Å². The largest absolute Gasteiger partial charge is 0.465 e. The molecule has 2 amide bonds. The number of imide groups is 1. The molecule has 0 radical (unpaired) electrons. The van der Waals surface area contributed by atoms with Crippen molar-refractivity contribution in [3.8, 4) is 0 Å². The molecule has 1 aromatic carbocycles. The summed E-state index contributed by atoms with van der Waals surface area (Å²) in [5.74, 6) is -3.27. The van der Waals surface area contributed by atoms with Gasteiger partial charge in [0.15, 0.2) is 0 Å². The number of carbonyl (C=O) groups excluding carboxylic acids is 4. The van der Waals surface area contributed by atoms with Crippen LogP contribution in [0.4, 0.5) is 0 Å². The van der Waals surface area contributed by atoms with Gasteiger partial charge >= 0.3 is 5.97 Å². The van der Waals surface area contributed by atoms with Gasteiger partial charge in [-0.2, -0.15) is 0 Å². The van der Waals surface area contributed by atoms with Gasteiger partial charge in [0.1, 0.15) is 11.7 Å². The monoisotopic (exact) mass is 303 g/mol. The van der Waals surface area contributed by atoms with Crippen LogP contribution in [0.15, 0.2) is 18.2 Å². The summed E-state index contributed by atoms with van der Waals surface area (Å²) in [7, 11) is 0. The molecule has 1 aliphatic rings. The maximum Gasteiger partial charge on any atom is 0.318 e. The van der Waals surface area contributed by atoms with Crippen LogP contribution < -0.4 is 0 Å². The topological polar surface area (TPSA) is 80.8 Å². The van der Waals surface area contributed by atoms with Crippen LogP contribution in [-0.2, 0) is 14.3 Å². The maximum absolute atomic E-state index is 12.4. The summed E-state index contributed by atoms with van der Waals surface area (Å²) in [6, 6.07) is 4.99. The number of esters is 1. The number of amides is 2. The minimum absolute atomic E-state index is 0.129. The minimum atomic E-state index is -1.15. The minimum Gasteiger partial charge on any atom is -0.465 e. The average molecular weight is 303 g/mol.